The van der Waals surface area contributed by atoms with Gasteiger partial charge in [-0.2, -0.15) is 0 Å². The van der Waals surface area contributed by atoms with Gasteiger partial charge < -0.3 is 9.15 Å². The minimum Gasteiger partial charge on any atom is -0.463 e. The van der Waals surface area contributed by atoms with Crippen LogP contribution < -0.4 is 0 Å². The summed E-state index contributed by atoms with van der Waals surface area (Å²) in [5, 5.41) is 0.959. The maximum atomic E-state index is 11.4. The molecule has 3 nitrogen and oxygen atoms in total. The smallest absolute Gasteiger partial charge is 0.374 e. The van der Waals surface area contributed by atoms with Gasteiger partial charge in [0.2, 0.25) is 5.76 Å². The molecule has 15 heavy (non-hydrogen) atoms. The standard InChI is InChI=1S/C12H12O3/c1-7-4-5-9-8(2)11(12(13)14-3)15-10(9)6-7/h4-6H,1-3H3. The van der Waals surface area contributed by atoms with Crippen LogP contribution in [0.2, 0.25) is 0 Å². The molecule has 2 rings (SSSR count). The van der Waals surface area contributed by atoms with Gasteiger partial charge in [-0.25, -0.2) is 4.79 Å². The third-order valence-electron chi connectivity index (χ3n) is 2.46. The topological polar surface area (TPSA) is 39.4 Å². The second-order valence-electron chi connectivity index (χ2n) is 3.55. The number of ether oxygens (including phenoxy) is 1. The van der Waals surface area contributed by atoms with E-state index in [-0.39, 0.29) is 5.76 Å². The predicted octanol–water partition coefficient (Wildman–Crippen LogP) is 2.84. The highest BCUT2D eigenvalue weighted by atomic mass is 16.5. The SMILES string of the molecule is COC(=O)c1oc2cc(C)ccc2c1C. The molecule has 0 aliphatic heterocycles. The van der Waals surface area contributed by atoms with Crippen LogP contribution in [0.3, 0.4) is 0 Å². The van der Waals surface area contributed by atoms with E-state index in [0.717, 1.165) is 22.1 Å². The van der Waals surface area contributed by atoms with E-state index in [1.807, 2.05) is 32.0 Å². The van der Waals surface area contributed by atoms with Crippen molar-refractivity contribution in [1.82, 2.24) is 0 Å². The lowest BCUT2D eigenvalue weighted by Gasteiger charge is -1.93. The number of furan rings is 1. The van der Waals surface area contributed by atoms with Gasteiger partial charge in [0.25, 0.3) is 0 Å². The van der Waals surface area contributed by atoms with Crippen molar-refractivity contribution in [2.45, 2.75) is 13.8 Å². The van der Waals surface area contributed by atoms with Crippen LogP contribution in [0.5, 0.6) is 0 Å². The molecule has 0 saturated heterocycles. The zero-order valence-corrected chi connectivity index (χ0v) is 8.96. The fraction of sp³-hybridized carbons (Fsp3) is 0.250. The van der Waals surface area contributed by atoms with Gasteiger partial charge in [0.05, 0.1) is 7.11 Å². The molecule has 0 aliphatic rings. The highest BCUT2D eigenvalue weighted by Gasteiger charge is 2.17. The van der Waals surface area contributed by atoms with E-state index in [2.05, 4.69) is 4.74 Å². The average molecular weight is 204 g/mol. The lowest BCUT2D eigenvalue weighted by atomic mass is 10.1. The number of methoxy groups -OCH3 is 1. The molecule has 0 unspecified atom stereocenters. The molecular weight excluding hydrogens is 192 g/mol. The van der Waals surface area contributed by atoms with Crippen molar-refractivity contribution in [3.8, 4) is 0 Å². The van der Waals surface area contributed by atoms with Gasteiger partial charge in [0.15, 0.2) is 0 Å². The Hall–Kier alpha value is -1.77. The molecule has 2 aromatic rings. The first-order valence-electron chi connectivity index (χ1n) is 4.71. The van der Waals surface area contributed by atoms with Crippen LogP contribution in [0.1, 0.15) is 21.7 Å². The first kappa shape index (κ1) is 9.77. The van der Waals surface area contributed by atoms with Crippen LogP contribution in [0.25, 0.3) is 11.0 Å². The van der Waals surface area contributed by atoms with E-state index in [4.69, 9.17) is 4.42 Å². The molecule has 0 bridgehead atoms. The highest BCUT2D eigenvalue weighted by molar-refractivity contribution is 5.95. The summed E-state index contributed by atoms with van der Waals surface area (Å²) in [4.78, 5) is 11.4. The van der Waals surface area contributed by atoms with Gasteiger partial charge in [-0.15, -0.1) is 0 Å². The van der Waals surface area contributed by atoms with Crippen molar-refractivity contribution in [2.75, 3.05) is 7.11 Å². The molecule has 0 N–H and O–H groups in total. The average Bonchev–Trinajstić information content (AvgIpc) is 2.54. The zero-order chi connectivity index (χ0) is 11.0. The van der Waals surface area contributed by atoms with E-state index < -0.39 is 5.97 Å². The first-order valence-corrected chi connectivity index (χ1v) is 4.71. The number of fused-ring (bicyclic) bond motifs is 1. The summed E-state index contributed by atoms with van der Waals surface area (Å²) in [6.45, 7) is 3.84. The third-order valence-corrected chi connectivity index (χ3v) is 2.46. The van der Waals surface area contributed by atoms with E-state index in [1.165, 1.54) is 7.11 Å². The summed E-state index contributed by atoms with van der Waals surface area (Å²) < 4.78 is 10.1. The Morgan fingerprint density at radius 2 is 2.07 bits per heavy atom. The Morgan fingerprint density at radius 3 is 2.73 bits per heavy atom. The molecule has 0 fully saturated rings. The van der Waals surface area contributed by atoms with Crippen molar-refractivity contribution in [3.05, 3.63) is 35.1 Å². The molecule has 0 saturated carbocycles. The van der Waals surface area contributed by atoms with E-state index in [1.54, 1.807) is 0 Å². The fourth-order valence-electron chi connectivity index (χ4n) is 1.62. The molecular formula is C12H12O3. The Morgan fingerprint density at radius 1 is 1.33 bits per heavy atom. The Balaban J connectivity index is 2.69. The first-order chi connectivity index (χ1) is 7.13. The second kappa shape index (κ2) is 3.42. The lowest BCUT2D eigenvalue weighted by molar-refractivity contribution is 0.0566. The summed E-state index contributed by atoms with van der Waals surface area (Å²) in [5.74, 6) is -0.139. The minimum absolute atomic E-state index is 0.290. The molecule has 78 valence electrons. The summed E-state index contributed by atoms with van der Waals surface area (Å²) in [7, 11) is 1.35. The van der Waals surface area contributed by atoms with E-state index in [9.17, 15) is 4.79 Å². The number of esters is 1. The minimum atomic E-state index is -0.429. The van der Waals surface area contributed by atoms with Gasteiger partial charge >= 0.3 is 5.97 Å². The molecule has 0 aliphatic carbocycles. The summed E-state index contributed by atoms with van der Waals surface area (Å²) in [6.07, 6.45) is 0. The zero-order valence-electron chi connectivity index (χ0n) is 8.96. The van der Waals surface area contributed by atoms with Crippen LogP contribution >= 0.6 is 0 Å². The van der Waals surface area contributed by atoms with Crippen molar-refractivity contribution in [1.29, 1.82) is 0 Å². The molecule has 1 aromatic heterocycles. The molecule has 0 spiro atoms. The van der Waals surface area contributed by atoms with Gasteiger partial charge in [-0.05, 0) is 25.5 Å². The number of benzene rings is 1. The number of carbonyl (C=O) groups excluding carboxylic acids is 1. The largest absolute Gasteiger partial charge is 0.463 e. The molecule has 0 radical (unpaired) electrons. The quantitative estimate of drug-likeness (QED) is 0.670. The molecule has 0 atom stereocenters. The summed E-state index contributed by atoms with van der Waals surface area (Å²) in [6, 6.07) is 5.86. The maximum Gasteiger partial charge on any atom is 0.374 e. The molecule has 1 aromatic carbocycles. The van der Waals surface area contributed by atoms with Gasteiger partial charge in [-0.3, -0.25) is 0 Å². The van der Waals surface area contributed by atoms with Crippen LogP contribution in [0, 0.1) is 13.8 Å². The van der Waals surface area contributed by atoms with E-state index in [0.29, 0.717) is 0 Å². The van der Waals surface area contributed by atoms with Crippen LogP contribution in [0.15, 0.2) is 22.6 Å². The van der Waals surface area contributed by atoms with Crippen LogP contribution in [-0.4, -0.2) is 13.1 Å². The normalized spacial score (nSPS) is 10.6. The van der Waals surface area contributed by atoms with Crippen molar-refractivity contribution >= 4 is 16.9 Å². The Labute approximate surface area is 87.6 Å². The molecule has 0 amide bonds. The maximum absolute atomic E-state index is 11.4. The Bertz CT molecular complexity index is 523. The number of hydrogen-bond donors (Lipinski definition) is 0. The molecule has 1 heterocycles. The van der Waals surface area contributed by atoms with Crippen LogP contribution in [-0.2, 0) is 4.74 Å². The number of hydrogen-bond acceptors (Lipinski definition) is 3. The van der Waals surface area contributed by atoms with Crippen molar-refractivity contribution < 1.29 is 13.9 Å². The van der Waals surface area contributed by atoms with E-state index >= 15 is 0 Å². The van der Waals surface area contributed by atoms with Crippen molar-refractivity contribution in [2.24, 2.45) is 0 Å². The second-order valence-corrected chi connectivity index (χ2v) is 3.55. The van der Waals surface area contributed by atoms with Crippen LogP contribution in [0.4, 0.5) is 0 Å². The predicted molar refractivity (Wildman–Crippen MR) is 57.0 cm³/mol. The van der Waals surface area contributed by atoms with Gasteiger partial charge in [0, 0.05) is 10.9 Å². The van der Waals surface area contributed by atoms with Gasteiger partial charge in [0.1, 0.15) is 5.58 Å². The number of rotatable bonds is 1. The van der Waals surface area contributed by atoms with Gasteiger partial charge in [-0.1, -0.05) is 12.1 Å². The fourth-order valence-corrected chi connectivity index (χ4v) is 1.62. The monoisotopic (exact) mass is 204 g/mol. The summed E-state index contributed by atoms with van der Waals surface area (Å²) in [5.41, 5.74) is 2.66. The van der Waals surface area contributed by atoms with Crippen molar-refractivity contribution in [3.63, 3.8) is 0 Å². The number of carbonyl (C=O) groups is 1. The Kier molecular flexibility index (Phi) is 2.23. The number of aryl methyl sites for hydroxylation is 2. The lowest BCUT2D eigenvalue weighted by Crippen LogP contribution is -2.00. The highest BCUT2D eigenvalue weighted by Crippen LogP contribution is 2.26. The summed E-state index contributed by atoms with van der Waals surface area (Å²) >= 11 is 0. The third kappa shape index (κ3) is 1.50. The molecule has 3 heteroatoms.